The average Bonchev–Trinajstić information content (AvgIpc) is 2.91. The van der Waals surface area contributed by atoms with Gasteiger partial charge in [-0.3, -0.25) is 9.78 Å². The lowest BCUT2D eigenvalue weighted by molar-refractivity contribution is -0.111. The number of nitrogens with one attached hydrogen (secondary N) is 3. The van der Waals surface area contributed by atoms with Crippen molar-refractivity contribution in [2.24, 2.45) is 0 Å². The lowest BCUT2D eigenvalue weighted by Gasteiger charge is -2.29. The van der Waals surface area contributed by atoms with Gasteiger partial charge in [-0.25, -0.2) is 15.0 Å². The molecule has 5 rings (SSSR count). The Labute approximate surface area is 216 Å². The number of piperidine rings is 1. The summed E-state index contributed by atoms with van der Waals surface area (Å²) in [7, 11) is 2.16. The van der Waals surface area contributed by atoms with Crippen LogP contribution in [0.5, 0.6) is 0 Å². The highest BCUT2D eigenvalue weighted by Crippen LogP contribution is 2.28. The van der Waals surface area contributed by atoms with Gasteiger partial charge in [0.1, 0.15) is 5.82 Å². The number of carbonyl (C=O) groups excluding carboxylic acids is 1. The number of anilines is 4. The molecule has 0 spiro atoms. The van der Waals surface area contributed by atoms with Crippen molar-refractivity contribution in [3.05, 3.63) is 73.2 Å². The maximum Gasteiger partial charge on any atom is 0.248 e. The van der Waals surface area contributed by atoms with E-state index < -0.39 is 0 Å². The number of hydrogen-bond donors (Lipinski definition) is 3. The van der Waals surface area contributed by atoms with Gasteiger partial charge < -0.3 is 20.9 Å². The Morgan fingerprint density at radius 2 is 1.89 bits per heavy atom. The van der Waals surface area contributed by atoms with Gasteiger partial charge in [0.05, 0.1) is 23.1 Å². The van der Waals surface area contributed by atoms with Crippen LogP contribution in [0.25, 0.3) is 22.2 Å². The first-order valence-corrected chi connectivity index (χ1v) is 12.4. The summed E-state index contributed by atoms with van der Waals surface area (Å²) in [5.74, 6) is 1.15. The molecule has 9 nitrogen and oxygen atoms in total. The molecular weight excluding hydrogens is 464 g/mol. The molecular formula is C28H30N8O. The third-order valence-electron chi connectivity index (χ3n) is 6.32. The number of pyridine rings is 2. The van der Waals surface area contributed by atoms with Crippen molar-refractivity contribution in [3.63, 3.8) is 0 Å². The van der Waals surface area contributed by atoms with Crippen LogP contribution in [0.3, 0.4) is 0 Å². The zero-order chi connectivity index (χ0) is 25.6. The fraction of sp³-hybridized carbons (Fsp3) is 0.250. The molecule has 1 fully saturated rings. The number of carbonyl (C=O) groups is 1. The van der Waals surface area contributed by atoms with Crippen LogP contribution in [-0.4, -0.2) is 56.9 Å². The topological polar surface area (TPSA) is 108 Å². The van der Waals surface area contributed by atoms with Crippen LogP contribution in [0.4, 0.5) is 23.1 Å². The number of hydrogen-bond acceptors (Lipinski definition) is 8. The van der Waals surface area contributed by atoms with Gasteiger partial charge in [0.15, 0.2) is 0 Å². The summed E-state index contributed by atoms with van der Waals surface area (Å²) in [5, 5.41) is 10.5. The maximum absolute atomic E-state index is 12.0. The molecule has 0 bridgehead atoms. The minimum Gasteiger partial charge on any atom is -0.367 e. The van der Waals surface area contributed by atoms with E-state index in [0.29, 0.717) is 23.4 Å². The van der Waals surface area contributed by atoms with Crippen molar-refractivity contribution < 1.29 is 4.79 Å². The first-order valence-electron chi connectivity index (χ1n) is 12.4. The van der Waals surface area contributed by atoms with E-state index in [9.17, 15) is 4.79 Å². The number of likely N-dealkylation sites (tertiary alicyclic amines) is 1. The van der Waals surface area contributed by atoms with Crippen LogP contribution < -0.4 is 16.0 Å². The zero-order valence-corrected chi connectivity index (χ0v) is 21.0. The molecule has 1 aromatic carbocycles. The molecule has 0 saturated carbocycles. The zero-order valence-electron chi connectivity index (χ0n) is 21.0. The molecule has 0 atom stereocenters. The molecule has 0 unspecified atom stereocenters. The monoisotopic (exact) mass is 494 g/mol. The van der Waals surface area contributed by atoms with Crippen LogP contribution in [0, 0.1) is 0 Å². The van der Waals surface area contributed by atoms with Crippen molar-refractivity contribution in [1.29, 1.82) is 0 Å². The van der Waals surface area contributed by atoms with E-state index in [0.717, 1.165) is 53.9 Å². The van der Waals surface area contributed by atoms with E-state index in [4.69, 9.17) is 4.98 Å². The highest BCUT2D eigenvalue weighted by molar-refractivity contribution is 6.00. The van der Waals surface area contributed by atoms with Crippen molar-refractivity contribution in [2.75, 3.05) is 36.1 Å². The van der Waals surface area contributed by atoms with Crippen molar-refractivity contribution in [2.45, 2.75) is 25.8 Å². The van der Waals surface area contributed by atoms with Crippen LogP contribution in [0.2, 0.25) is 0 Å². The lowest BCUT2D eigenvalue weighted by atomic mass is 10.1. The second-order valence-corrected chi connectivity index (χ2v) is 9.14. The molecule has 9 heteroatoms. The van der Waals surface area contributed by atoms with Gasteiger partial charge in [0, 0.05) is 35.1 Å². The fourth-order valence-electron chi connectivity index (χ4n) is 4.36. The van der Waals surface area contributed by atoms with Gasteiger partial charge in [-0.2, -0.15) is 0 Å². The third-order valence-corrected chi connectivity index (χ3v) is 6.32. The number of amides is 1. The lowest BCUT2D eigenvalue weighted by Crippen LogP contribution is -2.36. The second-order valence-electron chi connectivity index (χ2n) is 9.14. The smallest absolute Gasteiger partial charge is 0.248 e. The van der Waals surface area contributed by atoms with Gasteiger partial charge in [0.25, 0.3) is 0 Å². The number of benzene rings is 1. The van der Waals surface area contributed by atoms with E-state index in [1.54, 1.807) is 37.7 Å². The summed E-state index contributed by atoms with van der Waals surface area (Å²) in [6.07, 6.45) is 10.7. The number of para-hydroxylation sites is 1. The minimum atomic E-state index is -0.187. The minimum absolute atomic E-state index is 0.187. The Morgan fingerprint density at radius 3 is 2.68 bits per heavy atom. The fourth-order valence-corrected chi connectivity index (χ4v) is 4.36. The molecule has 1 aliphatic rings. The predicted octanol–water partition coefficient (Wildman–Crippen LogP) is 4.85. The number of allylic oxidation sites excluding steroid dienone is 1. The number of fused-ring (bicyclic) bond motifs is 1. The molecule has 1 aliphatic heterocycles. The normalized spacial score (nSPS) is 14.6. The van der Waals surface area contributed by atoms with Crippen LogP contribution in [0.1, 0.15) is 19.8 Å². The van der Waals surface area contributed by atoms with Crippen LogP contribution in [0.15, 0.2) is 73.2 Å². The number of rotatable bonds is 7. The summed E-state index contributed by atoms with van der Waals surface area (Å²) < 4.78 is 0. The highest BCUT2D eigenvalue weighted by atomic mass is 16.1. The molecule has 37 heavy (non-hydrogen) atoms. The molecule has 188 valence electrons. The average molecular weight is 495 g/mol. The van der Waals surface area contributed by atoms with E-state index in [1.165, 1.54) is 6.08 Å². The molecule has 3 N–H and O–H groups in total. The molecule has 4 aromatic rings. The first-order chi connectivity index (χ1) is 18.1. The highest BCUT2D eigenvalue weighted by Gasteiger charge is 2.16. The van der Waals surface area contributed by atoms with Gasteiger partial charge in [-0.15, -0.1) is 0 Å². The summed E-state index contributed by atoms with van der Waals surface area (Å²) >= 11 is 0. The largest absolute Gasteiger partial charge is 0.367 e. The van der Waals surface area contributed by atoms with Crippen molar-refractivity contribution in [3.8, 4) is 11.3 Å². The van der Waals surface area contributed by atoms with Gasteiger partial charge in [-0.05, 0) is 70.2 Å². The quantitative estimate of drug-likeness (QED) is 0.313. The third kappa shape index (κ3) is 6.07. The molecule has 1 amide bonds. The van der Waals surface area contributed by atoms with E-state index >= 15 is 0 Å². The van der Waals surface area contributed by atoms with Gasteiger partial charge in [-0.1, -0.05) is 24.3 Å². The Hall–Kier alpha value is -4.37. The second kappa shape index (κ2) is 11.1. The Balaban J connectivity index is 1.34. The summed E-state index contributed by atoms with van der Waals surface area (Å²) in [6.45, 7) is 4.00. The Bertz CT molecular complexity index is 1410. The molecule has 4 heterocycles. The number of aromatic nitrogens is 4. The van der Waals surface area contributed by atoms with Gasteiger partial charge >= 0.3 is 0 Å². The SMILES string of the molecule is CC=CC(=O)Nc1ccnc(-c2cccc3cnc(Nc4ccc(NC5CCN(C)CC5)nc4)nc23)c1. The summed E-state index contributed by atoms with van der Waals surface area (Å²) in [6, 6.07) is 13.9. The van der Waals surface area contributed by atoms with E-state index in [2.05, 4.69) is 42.8 Å². The van der Waals surface area contributed by atoms with Gasteiger partial charge in [0.2, 0.25) is 11.9 Å². The molecule has 3 aromatic heterocycles. The predicted molar refractivity (Wildman–Crippen MR) is 148 cm³/mol. The number of nitrogens with zero attached hydrogens (tertiary/aromatic N) is 5. The Kier molecular flexibility index (Phi) is 7.32. The van der Waals surface area contributed by atoms with Crippen LogP contribution >= 0.6 is 0 Å². The molecule has 0 radical (unpaired) electrons. The summed E-state index contributed by atoms with van der Waals surface area (Å²) in [5.41, 5.74) is 3.79. The first kappa shape index (κ1) is 24.3. The standard InChI is InChI=1S/C28H30N8O/c1-3-5-26(37)33-21-10-13-29-24(16-21)23-7-4-6-19-17-31-28(35-27(19)23)34-22-8-9-25(30-18-22)32-20-11-14-36(2)15-12-20/h3-10,13,16-18,20H,11-12,14-15H2,1-2H3,(H,30,32)(H,29,33,37)(H,31,34,35). The van der Waals surface area contributed by atoms with E-state index in [-0.39, 0.29) is 5.91 Å². The molecule has 1 saturated heterocycles. The molecule has 0 aliphatic carbocycles. The van der Waals surface area contributed by atoms with E-state index in [1.807, 2.05) is 36.4 Å². The van der Waals surface area contributed by atoms with Crippen molar-refractivity contribution in [1.82, 2.24) is 24.8 Å². The maximum atomic E-state index is 12.0. The van der Waals surface area contributed by atoms with Crippen molar-refractivity contribution >= 4 is 40.0 Å². The summed E-state index contributed by atoms with van der Waals surface area (Å²) in [4.78, 5) is 32.7. The Morgan fingerprint density at radius 1 is 1.03 bits per heavy atom. The van der Waals surface area contributed by atoms with Crippen LogP contribution in [-0.2, 0) is 4.79 Å².